The number of hydrogen-bond donors (Lipinski definition) is 3. The monoisotopic (exact) mass is 874 g/mol. The highest BCUT2D eigenvalue weighted by atomic mass is 35.5. The van der Waals surface area contributed by atoms with E-state index in [4.69, 9.17) is 21.1 Å². The summed E-state index contributed by atoms with van der Waals surface area (Å²) < 4.78 is 12.8. The van der Waals surface area contributed by atoms with Crippen molar-refractivity contribution in [2.75, 3.05) is 26.2 Å². The second-order valence-corrected chi connectivity index (χ2v) is 19.1. The highest BCUT2D eigenvalue weighted by molar-refractivity contribution is 7.22. The lowest BCUT2D eigenvalue weighted by Crippen LogP contribution is -2.41. The van der Waals surface area contributed by atoms with Crippen LogP contribution in [0.15, 0.2) is 58.1 Å². The van der Waals surface area contributed by atoms with E-state index in [1.165, 1.54) is 22.7 Å². The van der Waals surface area contributed by atoms with Crippen molar-refractivity contribution in [3.8, 4) is 27.0 Å². The molecule has 0 unspecified atom stereocenters. The minimum absolute atomic E-state index is 0.0262. The number of aromatic nitrogens is 6. The topological polar surface area (TPSA) is 197 Å². The molecule has 2 saturated heterocycles. The van der Waals surface area contributed by atoms with Gasteiger partial charge in [0, 0.05) is 38.0 Å². The summed E-state index contributed by atoms with van der Waals surface area (Å²) in [5, 5.41) is 11.7. The third-order valence-corrected chi connectivity index (χ3v) is 12.3. The lowest BCUT2D eigenvalue weighted by atomic mass is 9.96. The molecule has 60 heavy (non-hydrogen) atoms. The number of para-hydroxylation sites is 2. The van der Waals surface area contributed by atoms with Gasteiger partial charge in [0.05, 0.1) is 20.4 Å². The maximum atomic E-state index is 12.8. The van der Waals surface area contributed by atoms with Gasteiger partial charge in [0.1, 0.15) is 49.1 Å². The molecule has 0 spiro atoms. The maximum absolute atomic E-state index is 12.8. The van der Waals surface area contributed by atoms with Crippen LogP contribution in [-0.2, 0) is 9.47 Å². The van der Waals surface area contributed by atoms with Crippen LogP contribution < -0.4 is 11.1 Å². The molecule has 2 aliphatic heterocycles. The first-order valence-electron chi connectivity index (χ1n) is 19.7. The zero-order valence-corrected chi connectivity index (χ0v) is 36.6. The summed E-state index contributed by atoms with van der Waals surface area (Å²) in [7, 11) is 0. The quantitative estimate of drug-likeness (QED) is 0.143. The Labute approximate surface area is 358 Å². The molecular weight excluding hydrogens is 828 g/mol. The molecule has 18 heteroatoms. The van der Waals surface area contributed by atoms with Gasteiger partial charge in [-0.05, 0) is 91.5 Å². The summed E-state index contributed by atoms with van der Waals surface area (Å²) in [5.74, 6) is 0.650. The van der Waals surface area contributed by atoms with Gasteiger partial charge >= 0.3 is 12.2 Å². The number of carbonyl (C=O) groups excluding carboxylic acids is 2. The largest absolute Gasteiger partial charge is 0.493 e. The van der Waals surface area contributed by atoms with E-state index in [2.05, 4.69) is 29.9 Å². The van der Waals surface area contributed by atoms with Gasteiger partial charge in [0.15, 0.2) is 0 Å². The Morgan fingerprint density at radius 2 is 1.07 bits per heavy atom. The van der Waals surface area contributed by atoms with Gasteiger partial charge in [0.2, 0.25) is 5.88 Å². The number of halogens is 1. The molecule has 8 rings (SSSR count). The van der Waals surface area contributed by atoms with Crippen LogP contribution in [0.4, 0.5) is 9.59 Å². The lowest BCUT2D eigenvalue weighted by Gasteiger charge is -2.33. The van der Waals surface area contributed by atoms with Crippen LogP contribution in [-0.4, -0.2) is 94.4 Å². The molecule has 0 saturated carbocycles. The van der Waals surface area contributed by atoms with E-state index in [-0.39, 0.29) is 46.2 Å². The SMILES string of the molecule is CC(C)(C)OC(=O)N1CCC(c2nc(Cl)c(-c3nc4ccccc4s3)c(=O)[nH]2)CC1.CC(C)(C)OC(=O)N1CCC(c2nc(O)c(-c3nc4ccccc4s3)c(=O)[nH]2)CC1. The predicted molar refractivity (Wildman–Crippen MR) is 233 cm³/mol. The van der Waals surface area contributed by atoms with Crippen molar-refractivity contribution in [2.24, 2.45) is 0 Å². The van der Waals surface area contributed by atoms with E-state index in [1.54, 1.807) is 9.80 Å². The van der Waals surface area contributed by atoms with Crippen LogP contribution in [0, 0.1) is 0 Å². The molecule has 15 nitrogen and oxygen atoms in total. The van der Waals surface area contributed by atoms with Crippen molar-refractivity contribution in [1.82, 2.24) is 39.7 Å². The molecule has 316 valence electrons. The molecule has 3 N–H and O–H groups in total. The number of H-pyrrole nitrogens is 2. The van der Waals surface area contributed by atoms with Crippen LogP contribution in [0.25, 0.3) is 41.6 Å². The van der Waals surface area contributed by atoms with E-state index in [1.807, 2.05) is 90.1 Å². The van der Waals surface area contributed by atoms with E-state index in [9.17, 15) is 24.3 Å². The number of likely N-dealkylation sites (tertiary alicyclic amines) is 2. The Hall–Kier alpha value is -5.39. The molecule has 0 aliphatic carbocycles. The van der Waals surface area contributed by atoms with Gasteiger partial charge in [-0.3, -0.25) is 9.59 Å². The number of ether oxygens (including phenoxy) is 2. The maximum Gasteiger partial charge on any atom is 0.410 e. The zero-order valence-electron chi connectivity index (χ0n) is 34.2. The van der Waals surface area contributed by atoms with Gasteiger partial charge in [-0.25, -0.2) is 24.5 Å². The third kappa shape index (κ3) is 9.96. The number of amides is 2. The Morgan fingerprint density at radius 1 is 0.667 bits per heavy atom. The van der Waals surface area contributed by atoms with Gasteiger partial charge in [-0.15, -0.1) is 22.7 Å². The van der Waals surface area contributed by atoms with Gasteiger partial charge in [-0.2, -0.15) is 4.98 Å². The van der Waals surface area contributed by atoms with Crippen LogP contribution in [0.3, 0.4) is 0 Å². The zero-order chi connectivity index (χ0) is 42.9. The van der Waals surface area contributed by atoms with Crippen molar-refractivity contribution in [1.29, 1.82) is 0 Å². The molecule has 0 atom stereocenters. The highest BCUT2D eigenvalue weighted by Gasteiger charge is 2.31. The number of rotatable bonds is 4. The molecular formula is C42H47ClN8O7S2. The van der Waals surface area contributed by atoms with Crippen LogP contribution >= 0.6 is 34.3 Å². The summed E-state index contributed by atoms with van der Waals surface area (Å²) in [6.45, 7) is 13.1. The number of piperidine rings is 2. The number of benzene rings is 2. The number of thiazole rings is 2. The summed E-state index contributed by atoms with van der Waals surface area (Å²) in [6.07, 6.45) is 1.96. The fourth-order valence-electron chi connectivity index (χ4n) is 6.99. The predicted octanol–water partition coefficient (Wildman–Crippen LogP) is 8.68. The first-order valence-corrected chi connectivity index (χ1v) is 21.7. The standard InChI is InChI=1S/C21H23ClN4O3S.C21H24N4O4S/c1-21(2,3)29-20(28)26-10-8-12(9-11-26)17-24-16(22)15(18(27)25-17)19-23-13-6-4-5-7-14(13)30-19;1-21(2,3)29-20(28)25-10-8-12(9-11-25)16-23-17(26)15(18(27)24-16)19-22-13-6-4-5-7-14(13)30-19/h4-7,12H,8-11H2,1-3H3,(H,24,25,27);4-7,12H,8-11H2,1-3H3,(H2,23,24,26,27). The number of fused-ring (bicyclic) bond motifs is 2. The number of nitrogens with zero attached hydrogens (tertiary/aromatic N) is 6. The van der Waals surface area contributed by atoms with Crippen molar-refractivity contribution in [3.63, 3.8) is 0 Å². The van der Waals surface area contributed by atoms with Crippen molar-refractivity contribution in [3.05, 3.63) is 86.0 Å². The molecule has 6 heterocycles. The summed E-state index contributed by atoms with van der Waals surface area (Å²) in [6, 6.07) is 15.3. The fraction of sp³-hybridized carbons (Fsp3) is 0.429. The van der Waals surface area contributed by atoms with E-state index >= 15 is 0 Å². The summed E-state index contributed by atoms with van der Waals surface area (Å²) in [4.78, 5) is 76.8. The average Bonchev–Trinajstić information content (AvgIpc) is 3.81. The molecule has 2 aliphatic rings. The fourth-order valence-corrected chi connectivity index (χ4v) is 9.32. The van der Waals surface area contributed by atoms with Gasteiger partial charge in [-0.1, -0.05) is 35.9 Å². The Kier molecular flexibility index (Phi) is 12.3. The lowest BCUT2D eigenvalue weighted by molar-refractivity contribution is 0.0192. The molecule has 6 aromatic rings. The summed E-state index contributed by atoms with van der Waals surface area (Å²) >= 11 is 9.17. The second-order valence-electron chi connectivity index (χ2n) is 16.7. The van der Waals surface area contributed by atoms with E-state index in [0.29, 0.717) is 79.1 Å². The third-order valence-electron chi connectivity index (χ3n) is 9.89. The Morgan fingerprint density at radius 3 is 1.47 bits per heavy atom. The molecule has 2 fully saturated rings. The van der Waals surface area contributed by atoms with E-state index < -0.39 is 16.8 Å². The smallest absolute Gasteiger partial charge is 0.410 e. The average molecular weight is 875 g/mol. The Balaban J connectivity index is 0.000000181. The number of carbonyl (C=O) groups is 2. The molecule has 4 aromatic heterocycles. The molecule has 0 bridgehead atoms. The van der Waals surface area contributed by atoms with Gasteiger partial charge < -0.3 is 34.3 Å². The first-order chi connectivity index (χ1) is 28.4. The molecule has 2 aromatic carbocycles. The van der Waals surface area contributed by atoms with Crippen molar-refractivity contribution in [2.45, 2.75) is 90.3 Å². The minimum Gasteiger partial charge on any atom is -0.493 e. The number of hydrogen-bond acceptors (Lipinski definition) is 13. The molecule has 0 radical (unpaired) electrons. The number of aromatic amines is 2. The second kappa shape index (κ2) is 17.3. The van der Waals surface area contributed by atoms with Crippen LogP contribution in [0.2, 0.25) is 5.15 Å². The van der Waals surface area contributed by atoms with Crippen molar-refractivity contribution >= 4 is 66.9 Å². The highest BCUT2D eigenvalue weighted by Crippen LogP contribution is 2.35. The number of aromatic hydroxyl groups is 1. The van der Waals surface area contributed by atoms with Crippen LogP contribution in [0.5, 0.6) is 5.88 Å². The molecule has 2 amide bonds. The van der Waals surface area contributed by atoms with Crippen LogP contribution in [0.1, 0.15) is 90.7 Å². The normalized spacial score (nSPS) is 15.5. The Bertz CT molecular complexity index is 2400. The van der Waals surface area contributed by atoms with E-state index in [0.717, 1.165) is 20.4 Å². The number of nitrogens with one attached hydrogen (secondary N) is 2. The van der Waals surface area contributed by atoms with Gasteiger partial charge in [0.25, 0.3) is 11.1 Å². The minimum atomic E-state index is -0.539. The summed E-state index contributed by atoms with van der Waals surface area (Å²) in [5.41, 5.74) is 0.221. The first kappa shape index (κ1) is 42.7. The van der Waals surface area contributed by atoms with Crippen molar-refractivity contribution < 1.29 is 24.2 Å².